The van der Waals surface area contributed by atoms with Crippen LogP contribution in [0, 0.1) is 17.2 Å². The van der Waals surface area contributed by atoms with Gasteiger partial charge in [-0.3, -0.25) is 4.79 Å². The summed E-state index contributed by atoms with van der Waals surface area (Å²) < 4.78 is 0. The maximum atomic E-state index is 12.5. The van der Waals surface area contributed by atoms with Crippen molar-refractivity contribution in [3.8, 4) is 6.07 Å². The molecule has 0 spiro atoms. The summed E-state index contributed by atoms with van der Waals surface area (Å²) in [6, 6.07) is 9.77. The van der Waals surface area contributed by atoms with Crippen molar-refractivity contribution in [2.24, 2.45) is 5.92 Å². The molecule has 1 fully saturated rings. The van der Waals surface area contributed by atoms with E-state index in [2.05, 4.69) is 12.1 Å². The van der Waals surface area contributed by atoms with Crippen molar-refractivity contribution >= 4 is 22.6 Å². The predicted octanol–water partition coefficient (Wildman–Crippen LogP) is 3.27. The summed E-state index contributed by atoms with van der Waals surface area (Å²) in [5.74, 6) is 1.09. The standard InChI is InChI=1S/C17H18N2OS/c18-11-13-5-4-6-14(9-13)16-10-15(12-21-16)17(20)19-7-2-1-3-8-19/h4-6,9-10,15H,1-3,7-8,12H2. The van der Waals surface area contributed by atoms with Gasteiger partial charge in [-0.05, 0) is 37.0 Å². The third kappa shape index (κ3) is 3.14. The quantitative estimate of drug-likeness (QED) is 0.841. The maximum Gasteiger partial charge on any atom is 0.230 e. The van der Waals surface area contributed by atoms with Crippen LogP contribution in [0.15, 0.2) is 30.3 Å². The molecule has 0 N–H and O–H groups in total. The highest BCUT2D eigenvalue weighted by Crippen LogP contribution is 2.38. The van der Waals surface area contributed by atoms with Crippen molar-refractivity contribution in [1.29, 1.82) is 5.26 Å². The van der Waals surface area contributed by atoms with Crippen LogP contribution >= 0.6 is 11.8 Å². The average molecular weight is 298 g/mol. The van der Waals surface area contributed by atoms with E-state index >= 15 is 0 Å². The van der Waals surface area contributed by atoms with Gasteiger partial charge < -0.3 is 4.90 Å². The topological polar surface area (TPSA) is 44.1 Å². The lowest BCUT2D eigenvalue weighted by atomic mass is 10.0. The van der Waals surface area contributed by atoms with E-state index in [0.717, 1.165) is 42.2 Å². The lowest BCUT2D eigenvalue weighted by Gasteiger charge is -2.28. The number of carbonyl (C=O) groups is 1. The van der Waals surface area contributed by atoms with Gasteiger partial charge in [0.15, 0.2) is 0 Å². The smallest absolute Gasteiger partial charge is 0.230 e. The first-order valence-corrected chi connectivity index (χ1v) is 8.40. The molecule has 1 amide bonds. The first kappa shape index (κ1) is 14.2. The molecule has 0 aromatic heterocycles. The van der Waals surface area contributed by atoms with Gasteiger partial charge in [0.1, 0.15) is 0 Å². The summed E-state index contributed by atoms with van der Waals surface area (Å²) in [5.41, 5.74) is 1.72. The Kier molecular flexibility index (Phi) is 4.31. The Morgan fingerprint density at radius 1 is 1.29 bits per heavy atom. The summed E-state index contributed by atoms with van der Waals surface area (Å²) >= 11 is 1.72. The SMILES string of the molecule is N#Cc1cccc(C2=CC(C(=O)N3CCCCC3)CS2)c1. The number of piperidine rings is 1. The molecule has 108 valence electrons. The summed E-state index contributed by atoms with van der Waals surface area (Å²) in [6.07, 6.45) is 5.59. The summed E-state index contributed by atoms with van der Waals surface area (Å²) in [4.78, 5) is 15.7. The highest BCUT2D eigenvalue weighted by Gasteiger charge is 2.28. The molecule has 1 unspecified atom stereocenters. The zero-order valence-corrected chi connectivity index (χ0v) is 12.7. The van der Waals surface area contributed by atoms with Gasteiger partial charge in [0.2, 0.25) is 5.91 Å². The lowest BCUT2D eigenvalue weighted by molar-refractivity contribution is -0.134. The van der Waals surface area contributed by atoms with Crippen LogP contribution in [-0.2, 0) is 4.79 Å². The van der Waals surface area contributed by atoms with Crippen LogP contribution in [0.1, 0.15) is 30.4 Å². The number of nitrogens with zero attached hydrogens (tertiary/aromatic N) is 2. The van der Waals surface area contributed by atoms with Crippen molar-refractivity contribution in [3.63, 3.8) is 0 Å². The zero-order valence-electron chi connectivity index (χ0n) is 11.9. The minimum atomic E-state index is -0.00570. The number of hydrogen-bond donors (Lipinski definition) is 0. The fourth-order valence-corrected chi connectivity index (χ4v) is 4.02. The van der Waals surface area contributed by atoms with Crippen LogP contribution < -0.4 is 0 Å². The molecule has 2 heterocycles. The molecule has 1 aromatic rings. The van der Waals surface area contributed by atoms with Gasteiger partial charge in [-0.15, -0.1) is 11.8 Å². The molecule has 1 saturated heterocycles. The Morgan fingerprint density at radius 3 is 2.86 bits per heavy atom. The molecule has 1 atom stereocenters. The van der Waals surface area contributed by atoms with Crippen LogP contribution in [0.25, 0.3) is 4.91 Å². The molecule has 4 heteroatoms. The Morgan fingerprint density at radius 2 is 2.10 bits per heavy atom. The summed E-state index contributed by atoms with van der Waals surface area (Å²) in [7, 11) is 0. The second-order valence-corrected chi connectivity index (χ2v) is 6.59. The fraction of sp³-hybridized carbons (Fsp3) is 0.412. The second-order valence-electron chi connectivity index (χ2n) is 5.53. The van der Waals surface area contributed by atoms with Gasteiger partial charge in [0, 0.05) is 23.7 Å². The van der Waals surface area contributed by atoms with Crippen LogP contribution in [0.2, 0.25) is 0 Å². The zero-order chi connectivity index (χ0) is 14.7. The number of carbonyl (C=O) groups excluding carboxylic acids is 1. The van der Waals surface area contributed by atoms with Gasteiger partial charge in [-0.1, -0.05) is 18.2 Å². The highest BCUT2D eigenvalue weighted by atomic mass is 32.2. The predicted molar refractivity (Wildman–Crippen MR) is 85.5 cm³/mol. The van der Waals surface area contributed by atoms with Gasteiger partial charge in [-0.25, -0.2) is 0 Å². The van der Waals surface area contributed by atoms with Gasteiger partial charge in [0.05, 0.1) is 17.6 Å². The molecule has 1 aromatic carbocycles. The molecule has 2 aliphatic rings. The van der Waals surface area contributed by atoms with Crippen LogP contribution in [0.5, 0.6) is 0 Å². The van der Waals surface area contributed by atoms with E-state index in [-0.39, 0.29) is 11.8 Å². The summed E-state index contributed by atoms with van der Waals surface area (Å²) in [6.45, 7) is 1.82. The molecule has 3 nitrogen and oxygen atoms in total. The number of likely N-dealkylation sites (tertiary alicyclic amines) is 1. The van der Waals surface area contributed by atoms with E-state index in [1.807, 2.05) is 23.1 Å². The van der Waals surface area contributed by atoms with Gasteiger partial charge >= 0.3 is 0 Å². The number of thioether (sulfide) groups is 1. The van der Waals surface area contributed by atoms with E-state index in [9.17, 15) is 4.79 Å². The third-order valence-electron chi connectivity index (χ3n) is 4.03. The average Bonchev–Trinajstić information content (AvgIpc) is 3.05. The largest absolute Gasteiger partial charge is 0.342 e. The summed E-state index contributed by atoms with van der Waals surface area (Å²) in [5, 5.41) is 8.98. The number of nitriles is 1. The van der Waals surface area contributed by atoms with Crippen molar-refractivity contribution < 1.29 is 4.79 Å². The Labute approximate surface area is 129 Å². The van der Waals surface area contributed by atoms with Crippen molar-refractivity contribution in [1.82, 2.24) is 4.90 Å². The number of hydrogen-bond acceptors (Lipinski definition) is 3. The minimum absolute atomic E-state index is 0.00570. The molecular formula is C17H18N2OS. The van der Waals surface area contributed by atoms with Crippen LogP contribution in [0.4, 0.5) is 0 Å². The van der Waals surface area contributed by atoms with E-state index in [4.69, 9.17) is 5.26 Å². The Bertz CT molecular complexity index is 611. The van der Waals surface area contributed by atoms with Crippen LogP contribution in [0.3, 0.4) is 0 Å². The first-order chi connectivity index (χ1) is 10.3. The Hall–Kier alpha value is -1.73. The van der Waals surface area contributed by atoms with E-state index in [1.54, 1.807) is 17.8 Å². The second kappa shape index (κ2) is 6.36. The number of amides is 1. The lowest BCUT2D eigenvalue weighted by Crippen LogP contribution is -2.39. The Balaban J connectivity index is 1.74. The van der Waals surface area contributed by atoms with Crippen LogP contribution in [-0.4, -0.2) is 29.6 Å². The van der Waals surface area contributed by atoms with Gasteiger partial charge in [-0.2, -0.15) is 5.26 Å². The van der Waals surface area contributed by atoms with E-state index in [1.165, 1.54) is 6.42 Å². The third-order valence-corrected chi connectivity index (χ3v) is 5.24. The normalized spacial score (nSPS) is 21.8. The molecule has 0 saturated carbocycles. The molecule has 2 aliphatic heterocycles. The minimum Gasteiger partial charge on any atom is -0.342 e. The molecule has 0 radical (unpaired) electrons. The molecule has 0 bridgehead atoms. The number of benzene rings is 1. The highest BCUT2D eigenvalue weighted by molar-refractivity contribution is 8.08. The molecular weight excluding hydrogens is 280 g/mol. The monoisotopic (exact) mass is 298 g/mol. The maximum absolute atomic E-state index is 12.5. The van der Waals surface area contributed by atoms with Gasteiger partial charge in [0.25, 0.3) is 0 Å². The van der Waals surface area contributed by atoms with E-state index in [0.29, 0.717) is 5.56 Å². The molecule has 21 heavy (non-hydrogen) atoms. The molecule has 0 aliphatic carbocycles. The van der Waals surface area contributed by atoms with E-state index < -0.39 is 0 Å². The van der Waals surface area contributed by atoms with Crippen molar-refractivity contribution in [2.45, 2.75) is 19.3 Å². The first-order valence-electron chi connectivity index (χ1n) is 7.42. The number of rotatable bonds is 2. The van der Waals surface area contributed by atoms with Crippen molar-refractivity contribution in [3.05, 3.63) is 41.5 Å². The fourth-order valence-electron chi connectivity index (χ4n) is 2.87. The molecule has 3 rings (SSSR count). The van der Waals surface area contributed by atoms with Crippen molar-refractivity contribution in [2.75, 3.05) is 18.8 Å².